The van der Waals surface area contributed by atoms with Crippen molar-refractivity contribution in [1.29, 1.82) is 0 Å². The molecule has 1 aromatic rings. The van der Waals surface area contributed by atoms with Crippen molar-refractivity contribution >= 4 is 21.7 Å². The zero-order chi connectivity index (χ0) is 9.26. The average molecular weight is 243 g/mol. The van der Waals surface area contributed by atoms with Crippen LogP contribution in [0.4, 0.5) is 0 Å². The predicted octanol–water partition coefficient (Wildman–Crippen LogP) is 3.42. The third kappa shape index (κ3) is 1.70. The van der Waals surface area contributed by atoms with Gasteiger partial charge in [-0.3, -0.25) is 4.79 Å². The zero-order valence-corrected chi connectivity index (χ0v) is 8.84. The van der Waals surface area contributed by atoms with Gasteiger partial charge in [-0.2, -0.15) is 0 Å². The molecule has 1 aliphatic carbocycles. The van der Waals surface area contributed by atoms with Gasteiger partial charge in [0.1, 0.15) is 0 Å². The normalized spacial score (nSPS) is 17.9. The lowest BCUT2D eigenvalue weighted by molar-refractivity contribution is 0.0921. The smallest absolute Gasteiger partial charge is 0.179 e. The molecule has 13 heavy (non-hydrogen) atoms. The first-order valence-corrected chi connectivity index (χ1v) is 5.35. The van der Waals surface area contributed by atoms with E-state index in [-0.39, 0.29) is 11.7 Å². The Balaban J connectivity index is 2.17. The van der Waals surface area contributed by atoms with Crippen molar-refractivity contribution in [3.63, 3.8) is 0 Å². The van der Waals surface area contributed by atoms with E-state index in [1.807, 2.05) is 0 Å². The number of furan rings is 1. The van der Waals surface area contributed by atoms with Crippen molar-refractivity contribution < 1.29 is 9.21 Å². The summed E-state index contributed by atoms with van der Waals surface area (Å²) in [6.45, 7) is 0. The van der Waals surface area contributed by atoms with E-state index in [0.29, 0.717) is 10.2 Å². The summed E-state index contributed by atoms with van der Waals surface area (Å²) in [5, 5.41) is 0. The van der Waals surface area contributed by atoms with E-state index in [4.69, 9.17) is 4.42 Å². The van der Waals surface area contributed by atoms with Crippen molar-refractivity contribution in [1.82, 2.24) is 0 Å². The molecule has 1 fully saturated rings. The van der Waals surface area contributed by atoms with Crippen LogP contribution in [0.1, 0.15) is 36.0 Å². The average Bonchev–Trinajstić information content (AvgIpc) is 2.72. The van der Waals surface area contributed by atoms with Crippen LogP contribution in [-0.2, 0) is 0 Å². The van der Waals surface area contributed by atoms with Crippen LogP contribution >= 0.6 is 15.9 Å². The van der Waals surface area contributed by atoms with Crippen molar-refractivity contribution in [3.8, 4) is 0 Å². The standard InChI is InChI=1S/C10H11BrO2/c11-10-8(5-6-13-10)9(12)7-3-1-2-4-7/h5-7H,1-4H2. The first kappa shape index (κ1) is 9.00. The number of ketones is 1. The lowest BCUT2D eigenvalue weighted by Crippen LogP contribution is -2.10. The van der Waals surface area contributed by atoms with Crippen molar-refractivity contribution in [2.75, 3.05) is 0 Å². The highest BCUT2D eigenvalue weighted by molar-refractivity contribution is 9.10. The predicted molar refractivity (Wildman–Crippen MR) is 52.7 cm³/mol. The molecule has 1 aliphatic rings. The number of carbonyl (C=O) groups excluding carboxylic acids is 1. The fourth-order valence-corrected chi connectivity index (χ4v) is 2.31. The molecule has 0 bridgehead atoms. The molecule has 0 saturated heterocycles. The van der Waals surface area contributed by atoms with Crippen LogP contribution in [0.5, 0.6) is 0 Å². The van der Waals surface area contributed by atoms with Gasteiger partial charge < -0.3 is 4.42 Å². The van der Waals surface area contributed by atoms with E-state index < -0.39 is 0 Å². The molecule has 0 N–H and O–H groups in total. The van der Waals surface area contributed by atoms with E-state index in [1.54, 1.807) is 12.3 Å². The second kappa shape index (κ2) is 3.66. The topological polar surface area (TPSA) is 30.2 Å². The Morgan fingerprint density at radius 2 is 2.15 bits per heavy atom. The van der Waals surface area contributed by atoms with Crippen molar-refractivity contribution in [2.45, 2.75) is 25.7 Å². The lowest BCUT2D eigenvalue weighted by atomic mass is 9.98. The number of hydrogen-bond donors (Lipinski definition) is 0. The van der Waals surface area contributed by atoms with Crippen LogP contribution in [0.15, 0.2) is 21.4 Å². The summed E-state index contributed by atoms with van der Waals surface area (Å²) in [5.41, 5.74) is 0.701. The van der Waals surface area contributed by atoms with Crippen molar-refractivity contribution in [3.05, 3.63) is 22.6 Å². The molecule has 0 radical (unpaired) electrons. The van der Waals surface area contributed by atoms with Gasteiger partial charge in [-0.15, -0.1) is 0 Å². The van der Waals surface area contributed by atoms with E-state index in [2.05, 4.69) is 15.9 Å². The zero-order valence-electron chi connectivity index (χ0n) is 7.25. The largest absolute Gasteiger partial charge is 0.457 e. The molecule has 1 saturated carbocycles. The molecular formula is C10H11BrO2. The van der Waals surface area contributed by atoms with E-state index in [0.717, 1.165) is 12.8 Å². The van der Waals surface area contributed by atoms with Crippen LogP contribution in [0.2, 0.25) is 0 Å². The van der Waals surface area contributed by atoms with Gasteiger partial charge in [0.2, 0.25) is 0 Å². The van der Waals surface area contributed by atoms with Gasteiger partial charge in [0.15, 0.2) is 10.5 Å². The fourth-order valence-electron chi connectivity index (χ4n) is 1.88. The monoisotopic (exact) mass is 242 g/mol. The van der Waals surface area contributed by atoms with Crippen LogP contribution in [0.25, 0.3) is 0 Å². The molecule has 2 rings (SSSR count). The molecular weight excluding hydrogens is 232 g/mol. The number of hydrogen-bond acceptors (Lipinski definition) is 2. The summed E-state index contributed by atoms with van der Waals surface area (Å²) in [4.78, 5) is 11.8. The minimum Gasteiger partial charge on any atom is -0.457 e. The van der Waals surface area contributed by atoms with Gasteiger partial charge >= 0.3 is 0 Å². The number of Topliss-reactive ketones (excluding diaryl/α,β-unsaturated/α-hetero) is 1. The number of carbonyl (C=O) groups is 1. The maximum absolute atomic E-state index is 11.8. The van der Waals surface area contributed by atoms with Crippen LogP contribution < -0.4 is 0 Å². The first-order valence-electron chi connectivity index (χ1n) is 4.56. The molecule has 0 spiro atoms. The lowest BCUT2D eigenvalue weighted by Gasteiger charge is -2.05. The van der Waals surface area contributed by atoms with E-state index >= 15 is 0 Å². The molecule has 70 valence electrons. The summed E-state index contributed by atoms with van der Waals surface area (Å²) in [6.07, 6.45) is 6.00. The molecule has 0 aliphatic heterocycles. The Morgan fingerprint density at radius 1 is 1.46 bits per heavy atom. The Kier molecular flexibility index (Phi) is 2.54. The Morgan fingerprint density at radius 3 is 2.69 bits per heavy atom. The second-order valence-corrected chi connectivity index (χ2v) is 4.17. The number of halogens is 1. The van der Waals surface area contributed by atoms with Crippen LogP contribution in [0, 0.1) is 5.92 Å². The third-order valence-corrected chi connectivity index (χ3v) is 3.22. The third-order valence-electron chi connectivity index (χ3n) is 2.61. The highest BCUT2D eigenvalue weighted by atomic mass is 79.9. The fraction of sp³-hybridized carbons (Fsp3) is 0.500. The van der Waals surface area contributed by atoms with Crippen LogP contribution in [-0.4, -0.2) is 5.78 Å². The van der Waals surface area contributed by atoms with E-state index in [1.165, 1.54) is 12.8 Å². The molecule has 0 amide bonds. The van der Waals surface area contributed by atoms with Crippen LogP contribution in [0.3, 0.4) is 0 Å². The minimum atomic E-state index is 0.230. The quantitative estimate of drug-likeness (QED) is 0.745. The maximum Gasteiger partial charge on any atom is 0.179 e. The van der Waals surface area contributed by atoms with Crippen molar-refractivity contribution in [2.24, 2.45) is 5.92 Å². The van der Waals surface area contributed by atoms with Gasteiger partial charge in [-0.25, -0.2) is 0 Å². The molecule has 1 aromatic heterocycles. The summed E-state index contributed by atoms with van der Waals surface area (Å²) >= 11 is 3.23. The Hall–Kier alpha value is -0.570. The summed E-state index contributed by atoms with van der Waals surface area (Å²) in [5.74, 6) is 0.465. The molecule has 3 heteroatoms. The van der Waals surface area contributed by atoms with Gasteiger partial charge in [0.25, 0.3) is 0 Å². The van der Waals surface area contributed by atoms with E-state index in [9.17, 15) is 4.79 Å². The minimum absolute atomic E-state index is 0.230. The maximum atomic E-state index is 11.8. The molecule has 0 atom stereocenters. The van der Waals surface area contributed by atoms with Gasteiger partial charge in [0, 0.05) is 5.92 Å². The summed E-state index contributed by atoms with van der Waals surface area (Å²) < 4.78 is 5.61. The molecule has 2 nitrogen and oxygen atoms in total. The van der Waals surface area contributed by atoms with Gasteiger partial charge in [-0.1, -0.05) is 12.8 Å². The van der Waals surface area contributed by atoms with Gasteiger partial charge in [-0.05, 0) is 34.8 Å². The molecule has 0 unspecified atom stereocenters. The first-order chi connectivity index (χ1) is 6.29. The second-order valence-electron chi connectivity index (χ2n) is 3.45. The van der Waals surface area contributed by atoms with Gasteiger partial charge in [0.05, 0.1) is 11.8 Å². The SMILES string of the molecule is O=C(c1ccoc1Br)C1CCCC1. The Labute approximate surface area is 85.4 Å². The number of rotatable bonds is 2. The summed E-state index contributed by atoms with van der Waals surface area (Å²) in [6, 6.07) is 1.74. The Bertz CT molecular complexity index is 310. The highest BCUT2D eigenvalue weighted by Gasteiger charge is 2.26. The molecule has 1 heterocycles. The summed E-state index contributed by atoms with van der Waals surface area (Å²) in [7, 11) is 0. The molecule has 0 aromatic carbocycles. The highest BCUT2D eigenvalue weighted by Crippen LogP contribution is 2.30.